The summed E-state index contributed by atoms with van der Waals surface area (Å²) in [5.41, 5.74) is 0. The number of aliphatic carboxylic acids is 1. The van der Waals surface area contributed by atoms with Crippen LogP contribution in [0.2, 0.25) is 0 Å². The molecule has 3 rings (SSSR count). The summed E-state index contributed by atoms with van der Waals surface area (Å²) in [6.07, 6.45) is 6.47. The Balaban J connectivity index is 1.56. The van der Waals surface area contributed by atoms with Gasteiger partial charge in [-0.05, 0) is 37.0 Å². The number of carbonyl (C=O) groups is 2. The first-order valence-electron chi connectivity index (χ1n) is 7.15. The van der Waals surface area contributed by atoms with Crippen molar-refractivity contribution in [3.63, 3.8) is 0 Å². The molecule has 1 amide bonds. The molecule has 18 heavy (non-hydrogen) atoms. The van der Waals surface area contributed by atoms with Crippen LogP contribution < -0.4 is 0 Å². The van der Waals surface area contributed by atoms with Crippen molar-refractivity contribution in [2.75, 3.05) is 13.1 Å². The van der Waals surface area contributed by atoms with Crippen molar-refractivity contribution in [3.8, 4) is 0 Å². The molecule has 2 saturated carbocycles. The first-order valence-corrected chi connectivity index (χ1v) is 7.15. The van der Waals surface area contributed by atoms with Crippen LogP contribution in [0.5, 0.6) is 0 Å². The van der Waals surface area contributed by atoms with Crippen LogP contribution in [0, 0.1) is 23.7 Å². The summed E-state index contributed by atoms with van der Waals surface area (Å²) in [6, 6.07) is 0. The van der Waals surface area contributed by atoms with E-state index in [0.717, 1.165) is 25.2 Å². The van der Waals surface area contributed by atoms with Crippen molar-refractivity contribution >= 4 is 11.9 Å². The molecule has 100 valence electrons. The summed E-state index contributed by atoms with van der Waals surface area (Å²) in [7, 11) is 0. The molecule has 0 radical (unpaired) electrons. The average Bonchev–Trinajstić information content (AvgIpc) is 3.24. The second kappa shape index (κ2) is 4.56. The number of rotatable bonds is 5. The van der Waals surface area contributed by atoms with E-state index in [1.165, 1.54) is 12.8 Å². The highest BCUT2D eigenvalue weighted by molar-refractivity contribution is 5.79. The van der Waals surface area contributed by atoms with Crippen molar-refractivity contribution < 1.29 is 14.7 Å². The third kappa shape index (κ3) is 2.52. The van der Waals surface area contributed by atoms with Gasteiger partial charge in [-0.25, -0.2) is 0 Å². The van der Waals surface area contributed by atoms with Gasteiger partial charge in [0.15, 0.2) is 0 Å². The Morgan fingerprint density at radius 3 is 2.39 bits per heavy atom. The van der Waals surface area contributed by atoms with Crippen LogP contribution in [0.15, 0.2) is 0 Å². The van der Waals surface area contributed by atoms with Crippen LogP contribution in [-0.2, 0) is 9.59 Å². The fourth-order valence-corrected chi connectivity index (χ4v) is 3.19. The molecule has 0 aromatic heterocycles. The maximum Gasteiger partial charge on any atom is 0.308 e. The molecule has 4 nitrogen and oxygen atoms in total. The number of carboxylic acid groups (broad SMARTS) is 1. The maximum absolute atomic E-state index is 12.1. The molecule has 0 aromatic carbocycles. The van der Waals surface area contributed by atoms with Gasteiger partial charge in [0.2, 0.25) is 5.91 Å². The molecular formula is C14H21NO3. The molecule has 1 saturated heterocycles. The summed E-state index contributed by atoms with van der Waals surface area (Å²) >= 11 is 0. The number of carboxylic acids is 1. The van der Waals surface area contributed by atoms with Gasteiger partial charge in [0.1, 0.15) is 0 Å². The van der Waals surface area contributed by atoms with Crippen LogP contribution in [-0.4, -0.2) is 35.0 Å². The van der Waals surface area contributed by atoms with Crippen LogP contribution in [0.25, 0.3) is 0 Å². The molecule has 0 spiro atoms. The van der Waals surface area contributed by atoms with Crippen LogP contribution in [0.1, 0.15) is 38.5 Å². The lowest BCUT2D eigenvalue weighted by Gasteiger charge is -2.16. The van der Waals surface area contributed by atoms with E-state index in [2.05, 4.69) is 0 Å². The van der Waals surface area contributed by atoms with Crippen molar-refractivity contribution in [1.82, 2.24) is 4.90 Å². The minimum Gasteiger partial charge on any atom is -0.481 e. The molecule has 0 bridgehead atoms. The fraction of sp³-hybridized carbons (Fsp3) is 0.857. The van der Waals surface area contributed by atoms with Crippen molar-refractivity contribution in [1.29, 1.82) is 0 Å². The normalized spacial score (nSPS) is 31.7. The largest absolute Gasteiger partial charge is 0.481 e. The van der Waals surface area contributed by atoms with Crippen LogP contribution >= 0.6 is 0 Å². The van der Waals surface area contributed by atoms with Gasteiger partial charge >= 0.3 is 5.97 Å². The zero-order chi connectivity index (χ0) is 12.7. The minimum absolute atomic E-state index is 0.177. The van der Waals surface area contributed by atoms with Crippen LogP contribution in [0.4, 0.5) is 0 Å². The SMILES string of the molecule is O=C(O)[C@H]1CN(C(=O)CCC2CC2)C[C@@H]1C1CC1. The molecule has 1 N–H and O–H groups in total. The van der Waals surface area contributed by atoms with Gasteiger partial charge in [-0.15, -0.1) is 0 Å². The predicted molar refractivity (Wildman–Crippen MR) is 65.9 cm³/mol. The number of likely N-dealkylation sites (tertiary alicyclic amines) is 1. The van der Waals surface area contributed by atoms with Gasteiger partial charge in [-0.2, -0.15) is 0 Å². The fourth-order valence-electron chi connectivity index (χ4n) is 3.19. The van der Waals surface area contributed by atoms with E-state index in [-0.39, 0.29) is 17.7 Å². The van der Waals surface area contributed by atoms with Gasteiger partial charge in [0.25, 0.3) is 0 Å². The molecule has 2 aliphatic carbocycles. The summed E-state index contributed by atoms with van der Waals surface area (Å²) in [5, 5.41) is 9.25. The van der Waals surface area contributed by atoms with Gasteiger partial charge in [0, 0.05) is 19.5 Å². The Hall–Kier alpha value is -1.06. The second-order valence-corrected chi connectivity index (χ2v) is 6.23. The van der Waals surface area contributed by atoms with Crippen molar-refractivity contribution in [2.24, 2.45) is 23.7 Å². The van der Waals surface area contributed by atoms with E-state index in [4.69, 9.17) is 0 Å². The Labute approximate surface area is 107 Å². The molecule has 3 aliphatic rings. The molecule has 2 atom stereocenters. The Bertz CT molecular complexity index is 360. The first-order chi connectivity index (χ1) is 8.65. The number of hydrogen-bond acceptors (Lipinski definition) is 2. The smallest absolute Gasteiger partial charge is 0.308 e. The van der Waals surface area contributed by atoms with Gasteiger partial charge in [0.05, 0.1) is 5.92 Å². The lowest BCUT2D eigenvalue weighted by molar-refractivity contribution is -0.142. The third-order valence-electron chi connectivity index (χ3n) is 4.73. The zero-order valence-electron chi connectivity index (χ0n) is 10.7. The standard InChI is InChI=1S/C14H21NO3/c16-13(6-3-9-1-2-9)15-7-11(10-4-5-10)12(8-15)14(17)18/h9-12H,1-8H2,(H,17,18)/t11-,12+/m1/s1. The molecule has 1 heterocycles. The number of hydrogen-bond donors (Lipinski definition) is 1. The van der Waals surface area contributed by atoms with Crippen molar-refractivity contribution in [2.45, 2.75) is 38.5 Å². The molecular weight excluding hydrogens is 230 g/mol. The summed E-state index contributed by atoms with van der Waals surface area (Å²) in [4.78, 5) is 25.1. The van der Waals surface area contributed by atoms with E-state index in [1.807, 2.05) is 4.90 Å². The summed E-state index contributed by atoms with van der Waals surface area (Å²) in [6.45, 7) is 1.13. The predicted octanol–water partition coefficient (Wildman–Crippen LogP) is 1.75. The van der Waals surface area contributed by atoms with E-state index >= 15 is 0 Å². The van der Waals surface area contributed by atoms with Crippen LogP contribution in [0.3, 0.4) is 0 Å². The highest BCUT2D eigenvalue weighted by atomic mass is 16.4. The summed E-state index contributed by atoms with van der Waals surface area (Å²) < 4.78 is 0. The number of amides is 1. The van der Waals surface area contributed by atoms with E-state index in [0.29, 0.717) is 25.4 Å². The second-order valence-electron chi connectivity index (χ2n) is 6.23. The van der Waals surface area contributed by atoms with E-state index in [9.17, 15) is 14.7 Å². The molecule has 3 fully saturated rings. The van der Waals surface area contributed by atoms with Gasteiger partial charge < -0.3 is 10.0 Å². The number of carbonyl (C=O) groups excluding carboxylic acids is 1. The van der Waals surface area contributed by atoms with E-state index < -0.39 is 5.97 Å². The average molecular weight is 251 g/mol. The quantitative estimate of drug-likeness (QED) is 0.809. The lowest BCUT2D eigenvalue weighted by atomic mass is 9.92. The Morgan fingerprint density at radius 1 is 1.11 bits per heavy atom. The Kier molecular flexibility index (Phi) is 3.04. The van der Waals surface area contributed by atoms with Gasteiger partial charge in [-0.1, -0.05) is 12.8 Å². The third-order valence-corrected chi connectivity index (χ3v) is 4.73. The zero-order valence-corrected chi connectivity index (χ0v) is 10.7. The number of nitrogens with zero attached hydrogens (tertiary/aromatic N) is 1. The topological polar surface area (TPSA) is 57.6 Å². The maximum atomic E-state index is 12.1. The molecule has 0 aromatic rings. The lowest BCUT2D eigenvalue weighted by Crippen LogP contribution is -2.29. The summed E-state index contributed by atoms with van der Waals surface area (Å²) in [5.74, 6) is 0.689. The van der Waals surface area contributed by atoms with Gasteiger partial charge in [-0.3, -0.25) is 9.59 Å². The monoisotopic (exact) mass is 251 g/mol. The van der Waals surface area contributed by atoms with E-state index in [1.54, 1.807) is 0 Å². The molecule has 1 aliphatic heterocycles. The minimum atomic E-state index is -0.718. The first kappa shape index (κ1) is 12.0. The molecule has 0 unspecified atom stereocenters. The highest BCUT2D eigenvalue weighted by Gasteiger charge is 2.46. The van der Waals surface area contributed by atoms with Crippen molar-refractivity contribution in [3.05, 3.63) is 0 Å². The highest BCUT2D eigenvalue weighted by Crippen LogP contribution is 2.44. The molecule has 4 heteroatoms. The Morgan fingerprint density at radius 2 is 1.83 bits per heavy atom.